The molecule has 0 saturated heterocycles. The van der Waals surface area contributed by atoms with Crippen LogP contribution in [-0.2, 0) is 0 Å². The van der Waals surface area contributed by atoms with Crippen molar-refractivity contribution in [3.63, 3.8) is 0 Å². The number of hydrogen-bond donors (Lipinski definition) is 1. The molecule has 0 aliphatic carbocycles. The Morgan fingerprint density at radius 1 is 1.47 bits per heavy atom. The van der Waals surface area contributed by atoms with Gasteiger partial charge in [0.05, 0.1) is 11.7 Å². The Morgan fingerprint density at radius 3 is 2.73 bits per heavy atom. The van der Waals surface area contributed by atoms with Crippen LogP contribution < -0.4 is 5.73 Å². The molecule has 0 fully saturated rings. The van der Waals surface area contributed by atoms with Crippen molar-refractivity contribution < 1.29 is 4.52 Å². The molecule has 2 unspecified atom stereocenters. The third-order valence-corrected chi connectivity index (χ3v) is 3.64. The molecule has 0 aromatic carbocycles. The van der Waals surface area contributed by atoms with Crippen molar-refractivity contribution in [2.45, 2.75) is 38.5 Å². The normalized spacial score (nSPS) is 26.5. The van der Waals surface area contributed by atoms with Crippen LogP contribution in [0.1, 0.15) is 35.6 Å². The predicted molar refractivity (Wildman–Crippen MR) is 62.0 cm³/mol. The smallest absolute Gasteiger partial charge is 0.154 e. The lowest BCUT2D eigenvalue weighted by Crippen LogP contribution is -2.21. The highest BCUT2D eigenvalue weighted by atomic mass is 32.2. The van der Waals surface area contributed by atoms with E-state index in [1.807, 2.05) is 13.8 Å². The van der Waals surface area contributed by atoms with Crippen LogP contribution >= 0.6 is 11.8 Å². The Kier molecular flexibility index (Phi) is 2.73. The Balaban J connectivity index is 2.29. The van der Waals surface area contributed by atoms with Crippen LogP contribution in [0, 0.1) is 13.8 Å². The van der Waals surface area contributed by atoms with Gasteiger partial charge in [-0.3, -0.25) is 4.99 Å². The summed E-state index contributed by atoms with van der Waals surface area (Å²) in [5, 5.41) is 4.97. The topological polar surface area (TPSA) is 64.4 Å². The molecule has 0 saturated carbocycles. The SMILES string of the molecule is Cc1noc(C)c1C1CC(C)N=C(N)S1. The first-order chi connectivity index (χ1) is 7.08. The van der Waals surface area contributed by atoms with Gasteiger partial charge >= 0.3 is 0 Å². The van der Waals surface area contributed by atoms with Crippen molar-refractivity contribution in [3.05, 3.63) is 17.0 Å². The van der Waals surface area contributed by atoms with E-state index < -0.39 is 0 Å². The molecule has 2 N–H and O–H groups in total. The summed E-state index contributed by atoms with van der Waals surface area (Å²) in [6.45, 7) is 6.00. The molecule has 82 valence electrons. The molecule has 2 rings (SSSR count). The lowest BCUT2D eigenvalue weighted by atomic mass is 10.0. The third-order valence-electron chi connectivity index (χ3n) is 2.58. The van der Waals surface area contributed by atoms with Crippen LogP contribution in [0.3, 0.4) is 0 Å². The van der Waals surface area contributed by atoms with E-state index in [1.165, 1.54) is 5.56 Å². The van der Waals surface area contributed by atoms with Gasteiger partial charge in [0.25, 0.3) is 0 Å². The van der Waals surface area contributed by atoms with Crippen LogP contribution in [0.2, 0.25) is 0 Å². The summed E-state index contributed by atoms with van der Waals surface area (Å²) < 4.78 is 5.17. The number of rotatable bonds is 1. The molecule has 1 aliphatic heterocycles. The zero-order valence-electron chi connectivity index (χ0n) is 9.15. The van der Waals surface area contributed by atoms with Crippen LogP contribution in [0.5, 0.6) is 0 Å². The molecule has 1 aromatic rings. The van der Waals surface area contributed by atoms with E-state index in [-0.39, 0.29) is 6.04 Å². The number of aromatic nitrogens is 1. The molecule has 1 aliphatic rings. The maximum Gasteiger partial charge on any atom is 0.154 e. The maximum atomic E-state index is 5.78. The summed E-state index contributed by atoms with van der Waals surface area (Å²) >= 11 is 1.60. The summed E-state index contributed by atoms with van der Waals surface area (Å²) in [4.78, 5) is 4.31. The summed E-state index contributed by atoms with van der Waals surface area (Å²) in [5.41, 5.74) is 7.93. The highest BCUT2D eigenvalue weighted by molar-refractivity contribution is 8.14. The fourth-order valence-electron chi connectivity index (χ4n) is 1.93. The molecule has 15 heavy (non-hydrogen) atoms. The molecular formula is C10H15N3OS. The van der Waals surface area contributed by atoms with Gasteiger partial charge in [-0.1, -0.05) is 16.9 Å². The van der Waals surface area contributed by atoms with Gasteiger partial charge in [0.1, 0.15) is 5.76 Å². The minimum absolute atomic E-state index is 0.282. The van der Waals surface area contributed by atoms with E-state index >= 15 is 0 Å². The first-order valence-corrected chi connectivity index (χ1v) is 5.88. The molecule has 0 bridgehead atoms. The van der Waals surface area contributed by atoms with Gasteiger partial charge < -0.3 is 10.3 Å². The molecule has 5 heteroatoms. The molecule has 2 atom stereocenters. The summed E-state index contributed by atoms with van der Waals surface area (Å²) in [6.07, 6.45) is 0.994. The van der Waals surface area contributed by atoms with Crippen molar-refractivity contribution in [2.75, 3.05) is 0 Å². The van der Waals surface area contributed by atoms with Gasteiger partial charge in [-0.05, 0) is 27.2 Å². The maximum absolute atomic E-state index is 5.78. The van der Waals surface area contributed by atoms with E-state index in [1.54, 1.807) is 11.8 Å². The van der Waals surface area contributed by atoms with Crippen molar-refractivity contribution in [1.82, 2.24) is 5.16 Å². The van der Waals surface area contributed by atoms with Gasteiger partial charge in [-0.2, -0.15) is 0 Å². The predicted octanol–water partition coefficient (Wildman–Crippen LogP) is 2.17. The van der Waals surface area contributed by atoms with E-state index in [0.717, 1.165) is 17.9 Å². The first kappa shape index (κ1) is 10.5. The summed E-state index contributed by atoms with van der Waals surface area (Å²) in [5.74, 6) is 0.895. The van der Waals surface area contributed by atoms with E-state index in [9.17, 15) is 0 Å². The van der Waals surface area contributed by atoms with Crippen LogP contribution in [0.15, 0.2) is 9.52 Å². The second-order valence-corrected chi connectivity index (χ2v) is 5.12. The first-order valence-electron chi connectivity index (χ1n) is 5.00. The second-order valence-electron chi connectivity index (χ2n) is 3.90. The molecule has 0 radical (unpaired) electrons. The molecule has 2 heterocycles. The van der Waals surface area contributed by atoms with E-state index in [0.29, 0.717) is 10.4 Å². The van der Waals surface area contributed by atoms with E-state index in [2.05, 4.69) is 17.1 Å². The fourth-order valence-corrected chi connectivity index (χ4v) is 3.29. The quantitative estimate of drug-likeness (QED) is 0.795. The van der Waals surface area contributed by atoms with Crippen molar-refractivity contribution >= 4 is 16.9 Å². The largest absolute Gasteiger partial charge is 0.379 e. The number of nitrogens with two attached hydrogens (primary N) is 1. The highest BCUT2D eigenvalue weighted by Gasteiger charge is 2.27. The van der Waals surface area contributed by atoms with Crippen molar-refractivity contribution in [3.8, 4) is 0 Å². The number of nitrogens with zero attached hydrogens (tertiary/aromatic N) is 2. The molecule has 4 nitrogen and oxygen atoms in total. The monoisotopic (exact) mass is 225 g/mol. The average molecular weight is 225 g/mol. The number of hydrogen-bond acceptors (Lipinski definition) is 5. The summed E-state index contributed by atoms with van der Waals surface area (Å²) in [7, 11) is 0. The van der Waals surface area contributed by atoms with Gasteiger partial charge in [-0.15, -0.1) is 0 Å². The zero-order valence-corrected chi connectivity index (χ0v) is 9.97. The van der Waals surface area contributed by atoms with Crippen molar-refractivity contribution in [1.29, 1.82) is 0 Å². The van der Waals surface area contributed by atoms with Gasteiger partial charge in [-0.25, -0.2) is 0 Å². The Labute approximate surface area is 93.3 Å². The number of aliphatic imine (C=N–C) groups is 1. The lowest BCUT2D eigenvalue weighted by molar-refractivity contribution is 0.392. The van der Waals surface area contributed by atoms with Gasteiger partial charge in [0.2, 0.25) is 0 Å². The van der Waals surface area contributed by atoms with Gasteiger partial charge in [0, 0.05) is 10.8 Å². The Hall–Kier alpha value is -0.970. The standard InChI is InChI=1S/C10H15N3OS/c1-5-4-8(15-10(11)12-5)9-6(2)13-14-7(9)3/h5,8H,4H2,1-3H3,(H2,11,12). The lowest BCUT2D eigenvalue weighted by Gasteiger charge is -2.23. The Morgan fingerprint density at radius 2 is 2.20 bits per heavy atom. The van der Waals surface area contributed by atoms with Crippen LogP contribution in [0.25, 0.3) is 0 Å². The second kappa shape index (κ2) is 3.89. The van der Waals surface area contributed by atoms with Crippen LogP contribution in [-0.4, -0.2) is 16.4 Å². The minimum Gasteiger partial charge on any atom is -0.379 e. The molecular weight excluding hydrogens is 210 g/mol. The molecule has 1 aromatic heterocycles. The number of amidine groups is 1. The van der Waals surface area contributed by atoms with Gasteiger partial charge in [0.15, 0.2) is 5.17 Å². The van der Waals surface area contributed by atoms with Crippen molar-refractivity contribution in [2.24, 2.45) is 10.7 Å². The van der Waals surface area contributed by atoms with E-state index in [4.69, 9.17) is 10.3 Å². The van der Waals surface area contributed by atoms with Crippen LogP contribution in [0.4, 0.5) is 0 Å². The zero-order chi connectivity index (χ0) is 11.0. The third kappa shape index (κ3) is 2.02. The number of thioether (sulfide) groups is 1. The minimum atomic E-state index is 0.282. The number of aryl methyl sites for hydroxylation is 2. The summed E-state index contributed by atoms with van der Waals surface area (Å²) in [6, 6.07) is 0.282. The fraction of sp³-hybridized carbons (Fsp3) is 0.600. The molecule has 0 spiro atoms. The highest BCUT2D eigenvalue weighted by Crippen LogP contribution is 2.39. The Bertz CT molecular complexity index is 380. The average Bonchev–Trinajstić information content (AvgIpc) is 2.44. The molecule has 0 amide bonds.